The van der Waals surface area contributed by atoms with E-state index in [4.69, 9.17) is 9.47 Å². The molecule has 1 heterocycles. The molecule has 166 valence electrons. The van der Waals surface area contributed by atoms with Crippen molar-refractivity contribution in [1.29, 1.82) is 0 Å². The summed E-state index contributed by atoms with van der Waals surface area (Å²) in [6, 6.07) is 18.0. The standard InChI is InChI=1S/C25H31NO5/c1-2-30-25(29)22-15-9-14-21(16-24(28)31-18-19-10-5-3-6-11-19)26(22)23(17-27)20-12-7-4-8-13-20/h3-8,10-13,21-23,27H,2,9,14-18H2,1H3/t21-,22+,23+/m1/s1. The second kappa shape index (κ2) is 11.6. The minimum Gasteiger partial charge on any atom is -0.465 e. The molecule has 1 aliphatic heterocycles. The third-order valence-electron chi connectivity index (χ3n) is 5.72. The van der Waals surface area contributed by atoms with Gasteiger partial charge in [-0.3, -0.25) is 14.5 Å². The highest BCUT2D eigenvalue weighted by Crippen LogP contribution is 2.34. The topological polar surface area (TPSA) is 76.1 Å². The maximum atomic E-state index is 12.7. The van der Waals surface area contributed by atoms with Crippen molar-refractivity contribution in [3.05, 3.63) is 71.8 Å². The quantitative estimate of drug-likeness (QED) is 0.618. The Kier molecular flexibility index (Phi) is 8.62. The molecular weight excluding hydrogens is 394 g/mol. The lowest BCUT2D eigenvalue weighted by molar-refractivity contribution is -0.158. The number of nitrogens with zero attached hydrogens (tertiary/aromatic N) is 1. The summed E-state index contributed by atoms with van der Waals surface area (Å²) in [5, 5.41) is 10.3. The number of aliphatic hydroxyl groups is 1. The van der Waals surface area contributed by atoms with Gasteiger partial charge in [-0.1, -0.05) is 60.7 Å². The van der Waals surface area contributed by atoms with Crippen LogP contribution in [0.5, 0.6) is 0 Å². The number of piperidine rings is 1. The summed E-state index contributed by atoms with van der Waals surface area (Å²) in [6.45, 7) is 2.14. The van der Waals surface area contributed by atoms with Gasteiger partial charge in [-0.15, -0.1) is 0 Å². The van der Waals surface area contributed by atoms with E-state index in [0.29, 0.717) is 13.0 Å². The zero-order valence-corrected chi connectivity index (χ0v) is 18.0. The molecule has 6 nitrogen and oxygen atoms in total. The van der Waals surface area contributed by atoms with E-state index in [1.54, 1.807) is 6.92 Å². The predicted octanol–water partition coefficient (Wildman–Crippen LogP) is 3.64. The van der Waals surface area contributed by atoms with Gasteiger partial charge in [0.2, 0.25) is 0 Å². The number of rotatable bonds is 9. The van der Waals surface area contributed by atoms with Crippen LogP contribution < -0.4 is 0 Å². The van der Waals surface area contributed by atoms with Crippen molar-refractivity contribution >= 4 is 11.9 Å². The van der Waals surface area contributed by atoms with Crippen LogP contribution in [0.4, 0.5) is 0 Å². The van der Waals surface area contributed by atoms with Gasteiger partial charge in [0, 0.05) is 6.04 Å². The van der Waals surface area contributed by atoms with Crippen molar-refractivity contribution in [3.63, 3.8) is 0 Å². The van der Waals surface area contributed by atoms with Crippen LogP contribution >= 0.6 is 0 Å². The van der Waals surface area contributed by atoms with E-state index in [-0.39, 0.29) is 37.6 Å². The molecular formula is C25H31NO5. The van der Waals surface area contributed by atoms with Gasteiger partial charge in [0.1, 0.15) is 12.6 Å². The van der Waals surface area contributed by atoms with Gasteiger partial charge in [-0.05, 0) is 37.3 Å². The molecule has 0 saturated carbocycles. The van der Waals surface area contributed by atoms with Gasteiger partial charge < -0.3 is 14.6 Å². The Morgan fingerprint density at radius 1 is 1.03 bits per heavy atom. The van der Waals surface area contributed by atoms with E-state index < -0.39 is 12.1 Å². The Morgan fingerprint density at radius 3 is 2.35 bits per heavy atom. The molecule has 6 heteroatoms. The maximum Gasteiger partial charge on any atom is 0.323 e. The fourth-order valence-corrected chi connectivity index (χ4v) is 4.29. The number of hydrogen-bond acceptors (Lipinski definition) is 6. The Bertz CT molecular complexity index is 826. The highest BCUT2D eigenvalue weighted by Gasteiger charge is 2.41. The number of ether oxygens (including phenoxy) is 2. The molecule has 3 rings (SSSR count). The predicted molar refractivity (Wildman–Crippen MR) is 117 cm³/mol. The van der Waals surface area contributed by atoms with Gasteiger partial charge in [0.05, 0.1) is 25.7 Å². The summed E-state index contributed by atoms with van der Waals surface area (Å²) >= 11 is 0. The normalized spacial score (nSPS) is 20.1. The molecule has 1 saturated heterocycles. The minimum absolute atomic E-state index is 0.157. The van der Waals surface area contributed by atoms with Crippen LogP contribution in [0.2, 0.25) is 0 Å². The first-order chi connectivity index (χ1) is 15.1. The first-order valence-corrected chi connectivity index (χ1v) is 10.9. The zero-order valence-electron chi connectivity index (χ0n) is 18.0. The molecule has 1 N–H and O–H groups in total. The van der Waals surface area contributed by atoms with Crippen LogP contribution in [-0.2, 0) is 25.7 Å². The van der Waals surface area contributed by atoms with Crippen molar-refractivity contribution in [3.8, 4) is 0 Å². The summed E-state index contributed by atoms with van der Waals surface area (Å²) in [5.41, 5.74) is 1.84. The number of carbonyl (C=O) groups excluding carboxylic acids is 2. The van der Waals surface area contributed by atoms with E-state index in [1.165, 1.54) is 0 Å². The maximum absolute atomic E-state index is 12.7. The lowest BCUT2D eigenvalue weighted by Crippen LogP contribution is -2.54. The summed E-state index contributed by atoms with van der Waals surface area (Å²) < 4.78 is 10.8. The Labute approximate surface area is 183 Å². The molecule has 2 aromatic rings. The van der Waals surface area contributed by atoms with Crippen LogP contribution in [-0.4, -0.2) is 47.2 Å². The number of carbonyl (C=O) groups is 2. The molecule has 31 heavy (non-hydrogen) atoms. The third kappa shape index (κ3) is 6.15. The number of likely N-dealkylation sites (tertiary alicyclic amines) is 1. The average Bonchev–Trinajstić information content (AvgIpc) is 2.80. The summed E-state index contributed by atoms with van der Waals surface area (Å²) in [5.74, 6) is -0.618. The van der Waals surface area contributed by atoms with Gasteiger partial charge in [-0.2, -0.15) is 0 Å². The third-order valence-corrected chi connectivity index (χ3v) is 5.72. The summed E-state index contributed by atoms with van der Waals surface area (Å²) in [4.78, 5) is 27.4. The SMILES string of the molecule is CCOC(=O)[C@@H]1CCC[C@H](CC(=O)OCc2ccccc2)N1[C@@H](CO)c1ccccc1. The van der Waals surface area contributed by atoms with E-state index in [0.717, 1.165) is 24.0 Å². The molecule has 3 atom stereocenters. The number of esters is 2. The van der Waals surface area contributed by atoms with Crippen molar-refractivity contribution in [2.75, 3.05) is 13.2 Å². The lowest BCUT2D eigenvalue weighted by Gasteiger charge is -2.44. The van der Waals surface area contributed by atoms with Gasteiger partial charge in [-0.25, -0.2) is 0 Å². The smallest absolute Gasteiger partial charge is 0.323 e. The highest BCUT2D eigenvalue weighted by atomic mass is 16.5. The van der Waals surface area contributed by atoms with Gasteiger partial charge in [0.15, 0.2) is 0 Å². The number of aliphatic hydroxyl groups excluding tert-OH is 1. The Morgan fingerprint density at radius 2 is 1.71 bits per heavy atom. The second-order valence-corrected chi connectivity index (χ2v) is 7.76. The molecule has 0 aliphatic carbocycles. The Hall–Kier alpha value is -2.70. The van der Waals surface area contributed by atoms with Gasteiger partial charge >= 0.3 is 11.9 Å². The first-order valence-electron chi connectivity index (χ1n) is 10.9. The van der Waals surface area contributed by atoms with E-state index >= 15 is 0 Å². The minimum atomic E-state index is -0.502. The molecule has 0 amide bonds. The zero-order chi connectivity index (χ0) is 22.1. The van der Waals surface area contributed by atoms with Crippen LogP contribution in [0.3, 0.4) is 0 Å². The van der Waals surface area contributed by atoms with Gasteiger partial charge in [0.25, 0.3) is 0 Å². The van der Waals surface area contributed by atoms with Crippen molar-refractivity contribution < 1.29 is 24.2 Å². The van der Waals surface area contributed by atoms with Crippen LogP contribution in [0.1, 0.15) is 49.8 Å². The molecule has 0 unspecified atom stereocenters. The largest absolute Gasteiger partial charge is 0.465 e. The van der Waals surface area contributed by atoms with Crippen LogP contribution in [0, 0.1) is 0 Å². The molecule has 2 aromatic carbocycles. The molecule has 0 spiro atoms. The summed E-state index contributed by atoms with van der Waals surface area (Å²) in [6.07, 6.45) is 2.35. The number of benzene rings is 2. The van der Waals surface area contributed by atoms with E-state index in [9.17, 15) is 14.7 Å². The van der Waals surface area contributed by atoms with Crippen LogP contribution in [0.15, 0.2) is 60.7 Å². The fourth-order valence-electron chi connectivity index (χ4n) is 4.29. The van der Waals surface area contributed by atoms with Crippen LogP contribution in [0.25, 0.3) is 0 Å². The molecule has 0 bridgehead atoms. The summed E-state index contributed by atoms with van der Waals surface area (Å²) in [7, 11) is 0. The molecule has 0 aromatic heterocycles. The van der Waals surface area contributed by atoms with E-state index in [2.05, 4.69) is 0 Å². The molecule has 0 radical (unpaired) electrons. The van der Waals surface area contributed by atoms with Crippen molar-refractivity contribution in [2.24, 2.45) is 0 Å². The average molecular weight is 426 g/mol. The van der Waals surface area contributed by atoms with E-state index in [1.807, 2.05) is 65.6 Å². The van der Waals surface area contributed by atoms with Crippen molar-refractivity contribution in [1.82, 2.24) is 4.90 Å². The lowest BCUT2D eigenvalue weighted by atomic mass is 9.89. The number of hydrogen-bond donors (Lipinski definition) is 1. The molecule has 1 aliphatic rings. The first kappa shape index (κ1) is 23.0. The van der Waals surface area contributed by atoms with Crippen molar-refractivity contribution in [2.45, 2.75) is 57.3 Å². The highest BCUT2D eigenvalue weighted by molar-refractivity contribution is 5.76. The Balaban J connectivity index is 1.78. The molecule has 1 fully saturated rings. The monoisotopic (exact) mass is 425 g/mol. The second-order valence-electron chi connectivity index (χ2n) is 7.76. The fraction of sp³-hybridized carbons (Fsp3) is 0.440.